The van der Waals surface area contributed by atoms with E-state index < -0.39 is 0 Å². The number of amides is 1. The number of carbonyl (C=O) groups is 1. The number of aromatic amines is 1. The first-order valence-corrected chi connectivity index (χ1v) is 8.96. The van der Waals surface area contributed by atoms with Crippen LogP contribution in [0.5, 0.6) is 11.5 Å². The van der Waals surface area contributed by atoms with Crippen molar-refractivity contribution in [3.63, 3.8) is 0 Å². The number of aromatic nitrogens is 2. The lowest BCUT2D eigenvalue weighted by atomic mass is 10.1. The van der Waals surface area contributed by atoms with Crippen LogP contribution < -0.4 is 20.5 Å². The fraction of sp³-hybridized carbons (Fsp3) is 0.0909. The number of hydrogen-bond donors (Lipinski definition) is 3. The molecular formula is C22H20N4O3. The first-order chi connectivity index (χ1) is 14.1. The number of fused-ring (bicyclic) bond motifs is 1. The molecule has 1 amide bonds. The van der Waals surface area contributed by atoms with Gasteiger partial charge in [0.25, 0.3) is 5.91 Å². The minimum absolute atomic E-state index is 0.238. The summed E-state index contributed by atoms with van der Waals surface area (Å²) in [5.74, 6) is 1.57. The van der Waals surface area contributed by atoms with E-state index in [4.69, 9.17) is 15.2 Å². The van der Waals surface area contributed by atoms with E-state index >= 15 is 0 Å². The van der Waals surface area contributed by atoms with Crippen molar-refractivity contribution in [3.05, 3.63) is 66.2 Å². The fourth-order valence-electron chi connectivity index (χ4n) is 3.06. The third-order valence-corrected chi connectivity index (χ3v) is 4.57. The lowest BCUT2D eigenvalue weighted by Gasteiger charge is -2.10. The third-order valence-electron chi connectivity index (χ3n) is 4.57. The van der Waals surface area contributed by atoms with Crippen LogP contribution in [-0.4, -0.2) is 30.1 Å². The summed E-state index contributed by atoms with van der Waals surface area (Å²) in [7, 11) is 3.08. The summed E-state index contributed by atoms with van der Waals surface area (Å²) >= 11 is 0. The SMILES string of the molecule is COc1ccc(C(=O)Nc2ccc(-c3nc4ccc(N)cc4[nH]3)cc2)cc1OC. The molecule has 4 aromatic rings. The van der Waals surface area contributed by atoms with Crippen LogP contribution in [0.1, 0.15) is 10.4 Å². The molecule has 0 atom stereocenters. The van der Waals surface area contributed by atoms with Gasteiger partial charge in [0.1, 0.15) is 5.82 Å². The number of rotatable bonds is 5. The van der Waals surface area contributed by atoms with Gasteiger partial charge in [0, 0.05) is 22.5 Å². The fourth-order valence-corrected chi connectivity index (χ4v) is 3.06. The summed E-state index contributed by atoms with van der Waals surface area (Å²) in [5, 5.41) is 2.88. The number of nitrogen functional groups attached to an aromatic ring is 1. The zero-order valence-corrected chi connectivity index (χ0v) is 16.0. The van der Waals surface area contributed by atoms with Crippen LogP contribution in [0.4, 0.5) is 11.4 Å². The zero-order chi connectivity index (χ0) is 20.4. The number of nitrogens with zero attached hydrogens (tertiary/aromatic N) is 1. The Morgan fingerprint density at radius 3 is 2.45 bits per heavy atom. The molecule has 0 spiro atoms. The Bertz CT molecular complexity index is 1180. The van der Waals surface area contributed by atoms with E-state index in [2.05, 4.69) is 15.3 Å². The summed E-state index contributed by atoms with van der Waals surface area (Å²) in [4.78, 5) is 20.4. The van der Waals surface area contributed by atoms with Crippen LogP contribution in [-0.2, 0) is 0 Å². The number of methoxy groups -OCH3 is 2. The quantitative estimate of drug-likeness (QED) is 0.447. The van der Waals surface area contributed by atoms with E-state index in [0.29, 0.717) is 28.4 Å². The first-order valence-electron chi connectivity index (χ1n) is 8.96. The second-order valence-electron chi connectivity index (χ2n) is 6.46. The maximum Gasteiger partial charge on any atom is 0.255 e. The molecule has 4 N–H and O–H groups in total. The van der Waals surface area contributed by atoms with Gasteiger partial charge in [-0.2, -0.15) is 0 Å². The molecule has 146 valence electrons. The number of ether oxygens (including phenoxy) is 2. The number of nitrogens with two attached hydrogens (primary N) is 1. The summed E-state index contributed by atoms with van der Waals surface area (Å²) in [6, 6.07) is 18.0. The van der Waals surface area contributed by atoms with Crippen LogP contribution >= 0.6 is 0 Å². The maximum atomic E-state index is 12.5. The molecule has 0 aliphatic rings. The topological polar surface area (TPSA) is 102 Å². The molecule has 0 unspecified atom stereocenters. The molecular weight excluding hydrogens is 368 g/mol. The van der Waals surface area contributed by atoms with Crippen molar-refractivity contribution in [1.29, 1.82) is 0 Å². The molecule has 1 aromatic heterocycles. The number of carbonyl (C=O) groups excluding carboxylic acids is 1. The summed E-state index contributed by atoms with van der Waals surface area (Å²) in [6.45, 7) is 0. The third kappa shape index (κ3) is 3.70. The predicted molar refractivity (Wildman–Crippen MR) is 113 cm³/mol. The maximum absolute atomic E-state index is 12.5. The number of anilines is 2. The molecule has 0 saturated carbocycles. The molecule has 4 rings (SSSR count). The largest absolute Gasteiger partial charge is 0.493 e. The van der Waals surface area contributed by atoms with Gasteiger partial charge in [-0.15, -0.1) is 0 Å². The molecule has 7 nitrogen and oxygen atoms in total. The van der Waals surface area contributed by atoms with Crippen LogP contribution in [0.3, 0.4) is 0 Å². The van der Waals surface area contributed by atoms with Crippen molar-refractivity contribution < 1.29 is 14.3 Å². The Kier molecular flexibility index (Phi) is 4.78. The zero-order valence-electron chi connectivity index (χ0n) is 16.0. The molecule has 0 saturated heterocycles. The van der Waals surface area contributed by atoms with Crippen molar-refractivity contribution in [3.8, 4) is 22.9 Å². The lowest BCUT2D eigenvalue weighted by Crippen LogP contribution is -2.12. The van der Waals surface area contributed by atoms with E-state index in [1.807, 2.05) is 42.5 Å². The van der Waals surface area contributed by atoms with Gasteiger partial charge in [0.05, 0.1) is 25.3 Å². The number of benzene rings is 3. The second kappa shape index (κ2) is 7.55. The van der Waals surface area contributed by atoms with E-state index in [-0.39, 0.29) is 5.91 Å². The number of imidazole rings is 1. The van der Waals surface area contributed by atoms with Crippen LogP contribution in [0, 0.1) is 0 Å². The smallest absolute Gasteiger partial charge is 0.255 e. The second-order valence-corrected chi connectivity index (χ2v) is 6.46. The number of H-pyrrole nitrogens is 1. The van der Waals surface area contributed by atoms with Gasteiger partial charge in [-0.3, -0.25) is 4.79 Å². The van der Waals surface area contributed by atoms with E-state index in [1.54, 1.807) is 25.3 Å². The molecule has 0 bridgehead atoms. The highest BCUT2D eigenvalue weighted by molar-refractivity contribution is 6.04. The Labute approximate surface area is 167 Å². The molecule has 0 fully saturated rings. The summed E-state index contributed by atoms with van der Waals surface area (Å²) in [5.41, 5.74) is 10.3. The van der Waals surface area contributed by atoms with Gasteiger partial charge in [-0.25, -0.2) is 4.98 Å². The Balaban J connectivity index is 1.52. The van der Waals surface area contributed by atoms with Gasteiger partial charge >= 0.3 is 0 Å². The van der Waals surface area contributed by atoms with Gasteiger partial charge in [-0.1, -0.05) is 0 Å². The highest BCUT2D eigenvalue weighted by atomic mass is 16.5. The highest BCUT2D eigenvalue weighted by Crippen LogP contribution is 2.28. The van der Waals surface area contributed by atoms with Gasteiger partial charge in [-0.05, 0) is 60.7 Å². The molecule has 0 aliphatic heterocycles. The predicted octanol–water partition coefficient (Wildman–Crippen LogP) is 4.08. The lowest BCUT2D eigenvalue weighted by molar-refractivity contribution is 0.102. The first kappa shape index (κ1) is 18.4. The standard InChI is InChI=1S/C22H20N4O3/c1-28-19-10-5-14(11-20(19)29-2)22(27)24-16-7-3-13(4-8-16)21-25-17-9-6-15(23)12-18(17)26-21/h3-12H,23H2,1-2H3,(H,24,27)(H,25,26). The minimum atomic E-state index is -0.238. The van der Waals surface area contributed by atoms with Crippen molar-refractivity contribution in [1.82, 2.24) is 9.97 Å². The highest BCUT2D eigenvalue weighted by Gasteiger charge is 2.12. The molecule has 29 heavy (non-hydrogen) atoms. The van der Waals surface area contributed by atoms with Crippen molar-refractivity contribution in [2.24, 2.45) is 0 Å². The molecule has 1 heterocycles. The molecule has 7 heteroatoms. The Morgan fingerprint density at radius 2 is 1.72 bits per heavy atom. The average molecular weight is 388 g/mol. The molecule has 3 aromatic carbocycles. The normalized spacial score (nSPS) is 10.7. The minimum Gasteiger partial charge on any atom is -0.493 e. The molecule has 0 radical (unpaired) electrons. The van der Waals surface area contributed by atoms with Gasteiger partial charge < -0.3 is 25.5 Å². The van der Waals surface area contributed by atoms with Gasteiger partial charge in [0.2, 0.25) is 0 Å². The van der Waals surface area contributed by atoms with E-state index in [9.17, 15) is 4.79 Å². The van der Waals surface area contributed by atoms with Crippen LogP contribution in [0.15, 0.2) is 60.7 Å². The van der Waals surface area contributed by atoms with Crippen molar-refractivity contribution in [2.75, 3.05) is 25.3 Å². The summed E-state index contributed by atoms with van der Waals surface area (Å²) in [6.07, 6.45) is 0. The number of hydrogen-bond acceptors (Lipinski definition) is 5. The van der Waals surface area contributed by atoms with Crippen LogP contribution in [0.2, 0.25) is 0 Å². The molecule has 0 aliphatic carbocycles. The Hall–Kier alpha value is -4.00. The van der Waals surface area contributed by atoms with Crippen LogP contribution in [0.25, 0.3) is 22.4 Å². The monoisotopic (exact) mass is 388 g/mol. The van der Waals surface area contributed by atoms with Crippen molar-refractivity contribution in [2.45, 2.75) is 0 Å². The van der Waals surface area contributed by atoms with Gasteiger partial charge in [0.15, 0.2) is 11.5 Å². The summed E-state index contributed by atoms with van der Waals surface area (Å²) < 4.78 is 10.5. The van der Waals surface area contributed by atoms with Crippen molar-refractivity contribution >= 4 is 28.3 Å². The van der Waals surface area contributed by atoms with E-state index in [1.165, 1.54) is 7.11 Å². The number of nitrogens with one attached hydrogen (secondary N) is 2. The average Bonchev–Trinajstić information content (AvgIpc) is 3.16. The Morgan fingerprint density at radius 1 is 0.966 bits per heavy atom. The van der Waals surface area contributed by atoms with E-state index in [0.717, 1.165) is 22.4 Å².